The maximum atomic E-state index is 9.58. The highest BCUT2D eigenvalue weighted by molar-refractivity contribution is 5.43. The predicted molar refractivity (Wildman–Crippen MR) is 79.1 cm³/mol. The fraction of sp³-hybridized carbons (Fsp3) is 0.294. The fourth-order valence-electron chi connectivity index (χ4n) is 2.03. The number of aliphatic hydroxyl groups excluding tert-OH is 1. The van der Waals surface area contributed by atoms with Crippen LogP contribution in [-0.2, 0) is 6.61 Å². The van der Waals surface area contributed by atoms with Crippen LogP contribution < -0.4 is 9.47 Å². The normalized spacial score (nSPS) is 12.0. The summed E-state index contributed by atoms with van der Waals surface area (Å²) in [5, 5.41) is 9.58. The van der Waals surface area contributed by atoms with Gasteiger partial charge in [-0.15, -0.1) is 0 Å². The van der Waals surface area contributed by atoms with Gasteiger partial charge in [0.05, 0.1) is 13.2 Å². The molecule has 106 valence electrons. The summed E-state index contributed by atoms with van der Waals surface area (Å²) >= 11 is 0. The van der Waals surface area contributed by atoms with Crippen LogP contribution in [0.3, 0.4) is 0 Å². The van der Waals surface area contributed by atoms with Gasteiger partial charge in [-0.2, -0.15) is 0 Å². The smallest absolute Gasteiger partial charge is 0.161 e. The number of rotatable bonds is 5. The first-order valence-electron chi connectivity index (χ1n) is 6.64. The van der Waals surface area contributed by atoms with Gasteiger partial charge in [0.25, 0.3) is 0 Å². The van der Waals surface area contributed by atoms with E-state index in [0.717, 1.165) is 11.1 Å². The van der Waals surface area contributed by atoms with Gasteiger partial charge in [0.15, 0.2) is 11.5 Å². The molecular formula is C17H20O3. The molecule has 1 N–H and O–H groups in total. The molecule has 20 heavy (non-hydrogen) atoms. The molecule has 0 amide bonds. The summed E-state index contributed by atoms with van der Waals surface area (Å²) in [4.78, 5) is 0. The largest absolute Gasteiger partial charge is 0.493 e. The SMILES string of the molecule is COc1cc(C(C)O)ccc1OCc1cccc(C)c1. The van der Waals surface area contributed by atoms with Crippen molar-refractivity contribution in [3.63, 3.8) is 0 Å². The van der Waals surface area contributed by atoms with Gasteiger partial charge in [-0.3, -0.25) is 0 Å². The van der Waals surface area contributed by atoms with Crippen LogP contribution in [0.4, 0.5) is 0 Å². The molecule has 0 heterocycles. The molecule has 2 aromatic rings. The summed E-state index contributed by atoms with van der Waals surface area (Å²) in [5.41, 5.74) is 3.14. The minimum absolute atomic E-state index is 0.492. The van der Waals surface area contributed by atoms with Crippen molar-refractivity contribution in [3.05, 3.63) is 59.2 Å². The van der Waals surface area contributed by atoms with Crippen LogP contribution in [0.25, 0.3) is 0 Å². The molecule has 0 aliphatic heterocycles. The van der Waals surface area contributed by atoms with Gasteiger partial charge in [0.2, 0.25) is 0 Å². The Bertz CT molecular complexity index is 576. The number of aliphatic hydroxyl groups is 1. The molecule has 0 saturated heterocycles. The van der Waals surface area contributed by atoms with Crippen LogP contribution in [0.1, 0.15) is 29.7 Å². The van der Waals surface area contributed by atoms with E-state index in [2.05, 4.69) is 19.1 Å². The van der Waals surface area contributed by atoms with E-state index in [0.29, 0.717) is 18.1 Å². The van der Waals surface area contributed by atoms with Gasteiger partial charge in [0.1, 0.15) is 6.61 Å². The Morgan fingerprint density at radius 2 is 1.90 bits per heavy atom. The molecular weight excluding hydrogens is 252 g/mol. The van der Waals surface area contributed by atoms with Crippen LogP contribution in [0.2, 0.25) is 0 Å². The van der Waals surface area contributed by atoms with Gasteiger partial charge < -0.3 is 14.6 Å². The lowest BCUT2D eigenvalue weighted by molar-refractivity contribution is 0.198. The lowest BCUT2D eigenvalue weighted by Gasteiger charge is -2.13. The maximum Gasteiger partial charge on any atom is 0.161 e. The van der Waals surface area contributed by atoms with Gasteiger partial charge in [-0.1, -0.05) is 35.9 Å². The maximum absolute atomic E-state index is 9.58. The molecule has 0 aromatic heterocycles. The summed E-state index contributed by atoms with van der Waals surface area (Å²) in [6, 6.07) is 13.7. The Labute approximate surface area is 119 Å². The van der Waals surface area contributed by atoms with E-state index in [9.17, 15) is 5.11 Å². The van der Waals surface area contributed by atoms with E-state index in [1.165, 1.54) is 5.56 Å². The molecule has 3 heteroatoms. The molecule has 0 spiro atoms. The Balaban J connectivity index is 2.13. The average molecular weight is 272 g/mol. The minimum atomic E-state index is -0.519. The van der Waals surface area contributed by atoms with Crippen molar-refractivity contribution in [1.29, 1.82) is 0 Å². The summed E-state index contributed by atoms with van der Waals surface area (Å²) in [7, 11) is 1.60. The highest BCUT2D eigenvalue weighted by atomic mass is 16.5. The minimum Gasteiger partial charge on any atom is -0.493 e. The zero-order valence-corrected chi connectivity index (χ0v) is 12.1. The number of methoxy groups -OCH3 is 1. The summed E-state index contributed by atoms with van der Waals surface area (Å²) < 4.78 is 11.1. The van der Waals surface area contributed by atoms with Gasteiger partial charge in [-0.05, 0) is 37.1 Å². The van der Waals surface area contributed by atoms with E-state index in [-0.39, 0.29) is 0 Å². The third-order valence-electron chi connectivity index (χ3n) is 3.15. The molecule has 1 atom stereocenters. The molecule has 0 fully saturated rings. The Kier molecular flexibility index (Phi) is 4.64. The molecule has 2 rings (SSSR count). The molecule has 0 bridgehead atoms. The molecule has 0 aliphatic rings. The molecule has 0 saturated carbocycles. The van der Waals surface area contributed by atoms with Gasteiger partial charge in [0, 0.05) is 0 Å². The number of hydrogen-bond acceptors (Lipinski definition) is 3. The van der Waals surface area contributed by atoms with Crippen molar-refractivity contribution in [3.8, 4) is 11.5 Å². The van der Waals surface area contributed by atoms with Crippen LogP contribution in [0.5, 0.6) is 11.5 Å². The molecule has 0 aliphatic carbocycles. The molecule has 3 nitrogen and oxygen atoms in total. The number of hydrogen-bond donors (Lipinski definition) is 1. The van der Waals surface area contributed by atoms with E-state index in [1.54, 1.807) is 20.1 Å². The average Bonchev–Trinajstić information content (AvgIpc) is 2.45. The highest BCUT2D eigenvalue weighted by Gasteiger charge is 2.09. The Morgan fingerprint density at radius 1 is 1.10 bits per heavy atom. The first-order valence-corrected chi connectivity index (χ1v) is 6.64. The van der Waals surface area contributed by atoms with Crippen molar-refractivity contribution < 1.29 is 14.6 Å². The third-order valence-corrected chi connectivity index (χ3v) is 3.15. The van der Waals surface area contributed by atoms with E-state index >= 15 is 0 Å². The lowest BCUT2D eigenvalue weighted by Crippen LogP contribution is -1.99. The van der Waals surface area contributed by atoms with Crippen molar-refractivity contribution in [1.82, 2.24) is 0 Å². The second-order valence-electron chi connectivity index (χ2n) is 4.86. The summed E-state index contributed by atoms with van der Waals surface area (Å²) in [6.45, 7) is 4.27. The molecule has 0 radical (unpaired) electrons. The second kappa shape index (κ2) is 6.44. The topological polar surface area (TPSA) is 38.7 Å². The Morgan fingerprint density at radius 3 is 2.55 bits per heavy atom. The summed E-state index contributed by atoms with van der Waals surface area (Å²) in [6.07, 6.45) is -0.519. The summed E-state index contributed by atoms with van der Waals surface area (Å²) in [5.74, 6) is 1.31. The molecule has 2 aromatic carbocycles. The first-order chi connectivity index (χ1) is 9.60. The van der Waals surface area contributed by atoms with Gasteiger partial charge in [-0.25, -0.2) is 0 Å². The van der Waals surface area contributed by atoms with Crippen molar-refractivity contribution >= 4 is 0 Å². The van der Waals surface area contributed by atoms with Gasteiger partial charge >= 0.3 is 0 Å². The third kappa shape index (κ3) is 3.52. The fourth-order valence-corrected chi connectivity index (χ4v) is 2.03. The second-order valence-corrected chi connectivity index (χ2v) is 4.86. The van der Waals surface area contributed by atoms with Crippen molar-refractivity contribution in [2.24, 2.45) is 0 Å². The number of aryl methyl sites for hydroxylation is 1. The first kappa shape index (κ1) is 14.4. The van der Waals surface area contributed by atoms with Crippen molar-refractivity contribution in [2.45, 2.75) is 26.6 Å². The van der Waals surface area contributed by atoms with E-state index in [4.69, 9.17) is 9.47 Å². The molecule has 1 unspecified atom stereocenters. The predicted octanol–water partition coefficient (Wildman–Crippen LogP) is 3.64. The monoisotopic (exact) mass is 272 g/mol. The van der Waals surface area contributed by atoms with E-state index < -0.39 is 6.10 Å². The zero-order chi connectivity index (χ0) is 14.5. The Hall–Kier alpha value is -2.00. The quantitative estimate of drug-likeness (QED) is 0.903. The van der Waals surface area contributed by atoms with Crippen LogP contribution in [-0.4, -0.2) is 12.2 Å². The number of ether oxygens (including phenoxy) is 2. The van der Waals surface area contributed by atoms with Crippen molar-refractivity contribution in [2.75, 3.05) is 7.11 Å². The van der Waals surface area contributed by atoms with Crippen LogP contribution in [0, 0.1) is 6.92 Å². The van der Waals surface area contributed by atoms with E-state index in [1.807, 2.05) is 24.3 Å². The highest BCUT2D eigenvalue weighted by Crippen LogP contribution is 2.30. The standard InChI is InChI=1S/C17H20O3/c1-12-5-4-6-14(9-12)11-20-16-8-7-15(13(2)18)10-17(16)19-3/h4-10,13,18H,11H2,1-3H3. The van der Waals surface area contributed by atoms with Crippen LogP contribution in [0.15, 0.2) is 42.5 Å². The lowest BCUT2D eigenvalue weighted by atomic mass is 10.1. The van der Waals surface area contributed by atoms with Crippen LogP contribution >= 0.6 is 0 Å². The number of benzene rings is 2. The zero-order valence-electron chi connectivity index (χ0n) is 12.1.